The van der Waals surface area contributed by atoms with E-state index in [1.165, 1.54) is 37.0 Å². The Morgan fingerprint density at radius 3 is 2.86 bits per heavy atom. The molecule has 0 saturated heterocycles. The van der Waals surface area contributed by atoms with Gasteiger partial charge in [-0.05, 0) is 43.7 Å². The molecule has 1 fully saturated rings. The Kier molecular flexibility index (Phi) is 3.75. The molecule has 1 aliphatic rings. The van der Waals surface area contributed by atoms with Crippen LogP contribution >= 0.6 is 34.5 Å². The Morgan fingerprint density at radius 2 is 2.21 bits per heavy atom. The maximum Gasteiger partial charge on any atom is 0.0931 e. The van der Waals surface area contributed by atoms with Gasteiger partial charge in [-0.3, -0.25) is 0 Å². The molecular weight excluding hydrogens is 235 g/mol. The lowest BCUT2D eigenvalue weighted by molar-refractivity contribution is 0.363. The molecule has 1 aromatic rings. The van der Waals surface area contributed by atoms with Gasteiger partial charge in [-0.1, -0.05) is 18.0 Å². The first-order valence-electron chi connectivity index (χ1n) is 5.12. The molecule has 0 bridgehead atoms. The number of alkyl halides is 1. The Hall–Kier alpha value is 0.280. The lowest BCUT2D eigenvalue weighted by Crippen LogP contribution is -2.16. The SMILES string of the molecule is Clc1ccc(CC2CCCC(Cl)C2)s1. The highest BCUT2D eigenvalue weighted by Crippen LogP contribution is 2.32. The van der Waals surface area contributed by atoms with Crippen LogP contribution in [0.15, 0.2) is 12.1 Å². The Labute approximate surface area is 99.2 Å². The van der Waals surface area contributed by atoms with Crippen LogP contribution in [0.25, 0.3) is 0 Å². The molecular formula is C11H14Cl2S. The van der Waals surface area contributed by atoms with Crippen LogP contribution in [0.5, 0.6) is 0 Å². The van der Waals surface area contributed by atoms with E-state index in [9.17, 15) is 0 Å². The average molecular weight is 249 g/mol. The molecule has 1 heterocycles. The summed E-state index contributed by atoms with van der Waals surface area (Å²) >= 11 is 13.8. The lowest BCUT2D eigenvalue weighted by Gasteiger charge is -2.24. The van der Waals surface area contributed by atoms with Crippen molar-refractivity contribution >= 4 is 34.5 Å². The molecule has 14 heavy (non-hydrogen) atoms. The maximum absolute atomic E-state index is 6.16. The van der Waals surface area contributed by atoms with E-state index in [0.29, 0.717) is 5.38 Å². The third-order valence-electron chi connectivity index (χ3n) is 2.84. The molecule has 3 heteroatoms. The maximum atomic E-state index is 6.16. The van der Waals surface area contributed by atoms with Gasteiger partial charge in [0.25, 0.3) is 0 Å². The number of hydrogen-bond donors (Lipinski definition) is 0. The van der Waals surface area contributed by atoms with E-state index < -0.39 is 0 Å². The van der Waals surface area contributed by atoms with Gasteiger partial charge in [-0.2, -0.15) is 0 Å². The fourth-order valence-corrected chi connectivity index (χ4v) is 3.77. The molecule has 0 radical (unpaired) electrons. The summed E-state index contributed by atoms with van der Waals surface area (Å²) in [6.07, 6.45) is 6.16. The van der Waals surface area contributed by atoms with Gasteiger partial charge in [0.15, 0.2) is 0 Å². The largest absolute Gasteiger partial charge is 0.128 e. The van der Waals surface area contributed by atoms with Crippen molar-refractivity contribution in [1.29, 1.82) is 0 Å². The number of rotatable bonds is 2. The molecule has 0 aliphatic heterocycles. The molecule has 2 atom stereocenters. The van der Waals surface area contributed by atoms with Crippen LogP contribution in [-0.2, 0) is 6.42 Å². The van der Waals surface area contributed by atoms with Crippen molar-refractivity contribution in [3.63, 3.8) is 0 Å². The van der Waals surface area contributed by atoms with Crippen LogP contribution in [0.3, 0.4) is 0 Å². The molecule has 0 amide bonds. The zero-order valence-corrected chi connectivity index (χ0v) is 10.3. The third-order valence-corrected chi connectivity index (χ3v) is 4.49. The molecule has 1 saturated carbocycles. The number of thiophene rings is 1. The van der Waals surface area contributed by atoms with E-state index >= 15 is 0 Å². The van der Waals surface area contributed by atoms with Crippen LogP contribution < -0.4 is 0 Å². The smallest absolute Gasteiger partial charge is 0.0931 e. The first kappa shape index (κ1) is 10.8. The number of halogens is 2. The van der Waals surface area contributed by atoms with Crippen LogP contribution in [-0.4, -0.2) is 5.38 Å². The minimum Gasteiger partial charge on any atom is -0.128 e. The highest BCUT2D eigenvalue weighted by molar-refractivity contribution is 7.16. The summed E-state index contributed by atoms with van der Waals surface area (Å²) in [4.78, 5) is 1.41. The van der Waals surface area contributed by atoms with E-state index in [-0.39, 0.29) is 0 Å². The van der Waals surface area contributed by atoms with E-state index in [2.05, 4.69) is 6.07 Å². The van der Waals surface area contributed by atoms with Gasteiger partial charge in [-0.15, -0.1) is 22.9 Å². The molecule has 78 valence electrons. The van der Waals surface area contributed by atoms with Gasteiger partial charge in [0, 0.05) is 10.3 Å². The monoisotopic (exact) mass is 248 g/mol. The van der Waals surface area contributed by atoms with Gasteiger partial charge < -0.3 is 0 Å². The first-order valence-corrected chi connectivity index (χ1v) is 6.75. The van der Waals surface area contributed by atoms with E-state index in [0.717, 1.165) is 10.3 Å². The van der Waals surface area contributed by atoms with Gasteiger partial charge in [0.2, 0.25) is 0 Å². The molecule has 2 unspecified atom stereocenters. The topological polar surface area (TPSA) is 0 Å². The second-order valence-electron chi connectivity index (χ2n) is 4.04. The summed E-state index contributed by atoms with van der Waals surface area (Å²) in [6, 6.07) is 4.13. The molecule has 0 N–H and O–H groups in total. The second-order valence-corrected chi connectivity index (χ2v) is 6.46. The van der Waals surface area contributed by atoms with Crippen LogP contribution in [0.4, 0.5) is 0 Å². The fourth-order valence-electron chi connectivity index (χ4n) is 2.16. The van der Waals surface area contributed by atoms with E-state index in [1.807, 2.05) is 6.07 Å². The van der Waals surface area contributed by atoms with Crippen LogP contribution in [0, 0.1) is 5.92 Å². The van der Waals surface area contributed by atoms with Crippen molar-refractivity contribution in [1.82, 2.24) is 0 Å². The first-order chi connectivity index (χ1) is 6.74. The minimum atomic E-state index is 0.407. The molecule has 1 aromatic heterocycles. The highest BCUT2D eigenvalue weighted by Gasteiger charge is 2.20. The minimum absolute atomic E-state index is 0.407. The lowest BCUT2D eigenvalue weighted by atomic mass is 9.86. The Bertz CT molecular complexity index is 295. The van der Waals surface area contributed by atoms with Crippen molar-refractivity contribution in [2.45, 2.75) is 37.5 Å². The Balaban J connectivity index is 1.90. The van der Waals surface area contributed by atoms with Crippen molar-refractivity contribution in [2.75, 3.05) is 0 Å². The van der Waals surface area contributed by atoms with Gasteiger partial charge in [0.05, 0.1) is 4.34 Å². The number of hydrogen-bond acceptors (Lipinski definition) is 1. The van der Waals surface area contributed by atoms with Crippen LogP contribution in [0.1, 0.15) is 30.6 Å². The summed E-state index contributed by atoms with van der Waals surface area (Å²) < 4.78 is 0.901. The van der Waals surface area contributed by atoms with Crippen molar-refractivity contribution < 1.29 is 0 Å². The fraction of sp³-hybridized carbons (Fsp3) is 0.636. The van der Waals surface area contributed by atoms with E-state index in [1.54, 1.807) is 11.3 Å². The normalized spacial score (nSPS) is 27.9. The standard InChI is InChI=1S/C11H14Cl2S/c12-9-3-1-2-8(6-9)7-10-4-5-11(13)14-10/h4-5,8-9H,1-3,6-7H2. The molecule has 0 nitrogen and oxygen atoms in total. The summed E-state index contributed by atoms with van der Waals surface area (Å²) in [5, 5.41) is 0.407. The summed E-state index contributed by atoms with van der Waals surface area (Å²) in [7, 11) is 0. The molecule has 0 spiro atoms. The van der Waals surface area contributed by atoms with Gasteiger partial charge >= 0.3 is 0 Å². The highest BCUT2D eigenvalue weighted by atomic mass is 35.5. The molecule has 0 aromatic carbocycles. The van der Waals surface area contributed by atoms with Crippen molar-refractivity contribution in [3.05, 3.63) is 21.3 Å². The predicted octanol–water partition coefficient (Wildman–Crippen LogP) is 4.74. The van der Waals surface area contributed by atoms with E-state index in [4.69, 9.17) is 23.2 Å². The Morgan fingerprint density at radius 1 is 1.36 bits per heavy atom. The molecule has 1 aliphatic carbocycles. The van der Waals surface area contributed by atoms with Crippen molar-refractivity contribution in [2.24, 2.45) is 5.92 Å². The summed E-state index contributed by atoms with van der Waals surface area (Å²) in [6.45, 7) is 0. The van der Waals surface area contributed by atoms with Gasteiger partial charge in [-0.25, -0.2) is 0 Å². The van der Waals surface area contributed by atoms with Crippen molar-refractivity contribution in [3.8, 4) is 0 Å². The van der Waals surface area contributed by atoms with Crippen LogP contribution in [0.2, 0.25) is 4.34 Å². The second kappa shape index (κ2) is 4.87. The van der Waals surface area contributed by atoms with Gasteiger partial charge in [0.1, 0.15) is 0 Å². The summed E-state index contributed by atoms with van der Waals surface area (Å²) in [5.74, 6) is 0.779. The zero-order chi connectivity index (χ0) is 9.97. The average Bonchev–Trinajstić information content (AvgIpc) is 2.51. The third kappa shape index (κ3) is 2.88. The summed E-state index contributed by atoms with van der Waals surface area (Å²) in [5.41, 5.74) is 0. The zero-order valence-electron chi connectivity index (χ0n) is 8.01. The molecule has 2 rings (SSSR count). The predicted molar refractivity (Wildman–Crippen MR) is 64.6 cm³/mol. The quantitative estimate of drug-likeness (QED) is 0.664.